The molecule has 27 heavy (non-hydrogen) atoms. The smallest absolute Gasteiger partial charge is 0.169 e. The quantitative estimate of drug-likeness (QED) is 0.711. The van der Waals surface area contributed by atoms with E-state index in [2.05, 4.69) is 0 Å². The average Bonchev–Trinajstić information content (AvgIpc) is 3.08. The molecule has 1 saturated carbocycles. The molecule has 0 spiro atoms. The van der Waals surface area contributed by atoms with E-state index in [9.17, 15) is 14.3 Å². The summed E-state index contributed by atoms with van der Waals surface area (Å²) in [6.07, 6.45) is 2.55. The Balaban J connectivity index is 1.77. The predicted molar refractivity (Wildman–Crippen MR) is 106 cm³/mol. The number of aliphatic hydroxyl groups excluding tert-OH is 1. The van der Waals surface area contributed by atoms with Crippen LogP contribution in [-0.4, -0.2) is 10.9 Å². The van der Waals surface area contributed by atoms with Gasteiger partial charge in [-0.05, 0) is 73.9 Å². The molecule has 0 amide bonds. The van der Waals surface area contributed by atoms with Crippen LogP contribution in [0.25, 0.3) is 16.7 Å². The van der Waals surface area contributed by atoms with E-state index in [0.717, 1.165) is 41.5 Å². The first-order valence-electron chi connectivity index (χ1n) is 9.64. The Morgan fingerprint density at radius 1 is 1.00 bits per heavy atom. The van der Waals surface area contributed by atoms with Crippen molar-refractivity contribution in [3.63, 3.8) is 0 Å². The molecule has 0 heterocycles. The summed E-state index contributed by atoms with van der Waals surface area (Å²) in [5.74, 6) is 0.520. The summed E-state index contributed by atoms with van der Waals surface area (Å²) in [6.45, 7) is 5.06. The Morgan fingerprint density at radius 2 is 1.63 bits per heavy atom. The number of aliphatic hydroxyl groups is 1. The predicted octanol–water partition coefficient (Wildman–Crippen LogP) is 6.13. The molecule has 1 N–H and O–H groups in total. The maximum Gasteiger partial charge on any atom is 0.169 e. The van der Waals surface area contributed by atoms with Crippen LogP contribution in [0, 0.1) is 18.8 Å². The summed E-state index contributed by atoms with van der Waals surface area (Å²) >= 11 is 0. The standard InChI is InChI=1S/C24H25FO2/c1-14-4-5-16(15-8-10-19(11-9-15)24(2,3)25)13-20(14)21-22(26)17-6-7-18(12-17)23(21)27/h4-5,8-11,13,17-18,26H,6-7,12H2,1-3H3/t17-,18+/m0/s1. The van der Waals surface area contributed by atoms with Gasteiger partial charge in [0.05, 0.1) is 5.57 Å². The van der Waals surface area contributed by atoms with E-state index in [4.69, 9.17) is 0 Å². The second-order valence-electron chi connectivity index (χ2n) is 8.41. The second kappa shape index (κ2) is 6.33. The van der Waals surface area contributed by atoms with E-state index in [1.54, 1.807) is 26.0 Å². The first-order chi connectivity index (χ1) is 12.8. The van der Waals surface area contributed by atoms with E-state index in [0.29, 0.717) is 11.1 Å². The zero-order chi connectivity index (χ0) is 19.3. The number of hydrogen-bond donors (Lipinski definition) is 1. The first kappa shape index (κ1) is 18.0. The molecule has 2 nitrogen and oxygen atoms in total. The van der Waals surface area contributed by atoms with Gasteiger partial charge in [0.1, 0.15) is 11.4 Å². The molecule has 4 rings (SSSR count). The van der Waals surface area contributed by atoms with Crippen LogP contribution in [0.3, 0.4) is 0 Å². The molecular formula is C24H25FO2. The molecule has 0 saturated heterocycles. The Hall–Kier alpha value is -2.42. The lowest BCUT2D eigenvalue weighted by molar-refractivity contribution is -0.117. The van der Waals surface area contributed by atoms with Crippen molar-refractivity contribution in [3.05, 3.63) is 64.9 Å². The zero-order valence-electron chi connectivity index (χ0n) is 16.1. The number of carbonyl (C=O) groups is 1. The fraction of sp³-hybridized carbons (Fsp3) is 0.375. The average molecular weight is 364 g/mol. The lowest BCUT2D eigenvalue weighted by Gasteiger charge is -2.23. The van der Waals surface area contributed by atoms with E-state index in [1.165, 1.54) is 0 Å². The van der Waals surface area contributed by atoms with Crippen LogP contribution in [0.4, 0.5) is 4.39 Å². The number of rotatable bonds is 3. The molecule has 2 aromatic carbocycles. The van der Waals surface area contributed by atoms with Crippen molar-refractivity contribution < 1.29 is 14.3 Å². The zero-order valence-corrected chi connectivity index (χ0v) is 16.1. The van der Waals surface area contributed by atoms with Crippen LogP contribution in [-0.2, 0) is 10.5 Å². The summed E-state index contributed by atoms with van der Waals surface area (Å²) in [6, 6.07) is 13.4. The fourth-order valence-corrected chi connectivity index (χ4v) is 4.40. The largest absolute Gasteiger partial charge is 0.511 e. The Morgan fingerprint density at radius 3 is 2.30 bits per heavy atom. The van der Waals surface area contributed by atoms with Gasteiger partial charge < -0.3 is 5.11 Å². The van der Waals surface area contributed by atoms with Crippen molar-refractivity contribution in [3.8, 4) is 11.1 Å². The topological polar surface area (TPSA) is 37.3 Å². The molecule has 140 valence electrons. The molecule has 2 bridgehead atoms. The van der Waals surface area contributed by atoms with E-state index in [1.807, 2.05) is 37.3 Å². The third-order valence-corrected chi connectivity index (χ3v) is 6.10. The van der Waals surface area contributed by atoms with Gasteiger partial charge in [0.2, 0.25) is 0 Å². The molecule has 2 atom stereocenters. The van der Waals surface area contributed by atoms with Gasteiger partial charge >= 0.3 is 0 Å². The highest BCUT2D eigenvalue weighted by molar-refractivity contribution is 6.23. The monoisotopic (exact) mass is 364 g/mol. The molecule has 0 aromatic heterocycles. The van der Waals surface area contributed by atoms with E-state index in [-0.39, 0.29) is 23.4 Å². The number of aryl methyl sites for hydroxylation is 1. The van der Waals surface area contributed by atoms with Crippen LogP contribution in [0.2, 0.25) is 0 Å². The summed E-state index contributed by atoms with van der Waals surface area (Å²) in [4.78, 5) is 12.9. The number of Topliss-reactive ketones (excluding diaryl/α,β-unsaturated/α-hetero) is 1. The highest BCUT2D eigenvalue weighted by atomic mass is 19.1. The summed E-state index contributed by atoms with van der Waals surface area (Å²) in [7, 11) is 0. The van der Waals surface area contributed by atoms with Crippen molar-refractivity contribution in [1.82, 2.24) is 0 Å². The number of alkyl halides is 1. The molecule has 2 aliphatic carbocycles. The number of carbonyl (C=O) groups excluding carboxylic acids is 1. The van der Waals surface area contributed by atoms with Gasteiger partial charge in [-0.3, -0.25) is 4.79 Å². The molecule has 0 unspecified atom stereocenters. The van der Waals surface area contributed by atoms with Crippen molar-refractivity contribution in [2.75, 3.05) is 0 Å². The van der Waals surface area contributed by atoms with Crippen LogP contribution >= 0.6 is 0 Å². The lowest BCUT2D eigenvalue weighted by Crippen LogP contribution is -2.21. The molecule has 0 radical (unpaired) electrons. The molecule has 2 aliphatic rings. The Kier molecular flexibility index (Phi) is 4.21. The number of allylic oxidation sites excluding steroid dienone is 2. The SMILES string of the molecule is Cc1ccc(-c2ccc(C(C)(C)F)cc2)cc1C1=C(O)[C@H]2CC[C@H](C2)C1=O. The maximum atomic E-state index is 14.1. The number of hydrogen-bond acceptors (Lipinski definition) is 2. The molecule has 2 aromatic rings. The van der Waals surface area contributed by atoms with Crippen molar-refractivity contribution in [2.45, 2.75) is 45.7 Å². The van der Waals surface area contributed by atoms with Crippen LogP contribution < -0.4 is 0 Å². The minimum Gasteiger partial charge on any atom is -0.511 e. The highest BCUT2D eigenvalue weighted by Crippen LogP contribution is 2.46. The molecule has 3 heteroatoms. The number of halogens is 1. The normalized spacial score (nSPS) is 22.4. The maximum absolute atomic E-state index is 14.1. The Labute approximate surface area is 159 Å². The number of benzene rings is 2. The number of fused-ring (bicyclic) bond motifs is 2. The van der Waals surface area contributed by atoms with Gasteiger partial charge in [-0.25, -0.2) is 4.39 Å². The van der Waals surface area contributed by atoms with Crippen molar-refractivity contribution >= 4 is 11.4 Å². The molecule has 0 aliphatic heterocycles. The van der Waals surface area contributed by atoms with Crippen LogP contribution in [0.1, 0.15) is 49.8 Å². The van der Waals surface area contributed by atoms with Gasteiger partial charge in [0.25, 0.3) is 0 Å². The fourth-order valence-electron chi connectivity index (χ4n) is 4.40. The summed E-state index contributed by atoms with van der Waals surface area (Å²) in [5.41, 5.74) is 3.51. The highest BCUT2D eigenvalue weighted by Gasteiger charge is 2.41. The summed E-state index contributed by atoms with van der Waals surface area (Å²) in [5, 5.41) is 10.7. The van der Waals surface area contributed by atoms with Crippen molar-refractivity contribution in [1.29, 1.82) is 0 Å². The third-order valence-electron chi connectivity index (χ3n) is 6.10. The number of ketones is 1. The second-order valence-corrected chi connectivity index (χ2v) is 8.41. The lowest BCUT2D eigenvalue weighted by atomic mass is 9.81. The minimum atomic E-state index is -1.37. The molecular weight excluding hydrogens is 339 g/mol. The van der Waals surface area contributed by atoms with Gasteiger partial charge in [-0.1, -0.05) is 36.4 Å². The van der Waals surface area contributed by atoms with Gasteiger partial charge in [-0.2, -0.15) is 0 Å². The van der Waals surface area contributed by atoms with E-state index < -0.39 is 5.67 Å². The molecule has 1 fully saturated rings. The summed E-state index contributed by atoms with van der Waals surface area (Å²) < 4.78 is 14.1. The van der Waals surface area contributed by atoms with Crippen molar-refractivity contribution in [2.24, 2.45) is 11.8 Å². The van der Waals surface area contributed by atoms with E-state index >= 15 is 0 Å². The first-order valence-corrected chi connectivity index (χ1v) is 9.64. The van der Waals surface area contributed by atoms with Crippen LogP contribution in [0.15, 0.2) is 48.2 Å². The Bertz CT molecular complexity index is 932. The third kappa shape index (κ3) is 3.09. The van der Waals surface area contributed by atoms with Crippen LogP contribution in [0.5, 0.6) is 0 Å². The van der Waals surface area contributed by atoms with Gasteiger partial charge in [-0.15, -0.1) is 0 Å². The van der Waals surface area contributed by atoms with Gasteiger partial charge in [0.15, 0.2) is 5.78 Å². The van der Waals surface area contributed by atoms with Gasteiger partial charge in [0, 0.05) is 11.8 Å². The minimum absolute atomic E-state index is 0.0509.